The number of aromatic nitrogens is 2. The number of nitrogens with one attached hydrogen (secondary N) is 2. The van der Waals surface area contributed by atoms with Crippen molar-refractivity contribution in [3.05, 3.63) is 11.7 Å². The Morgan fingerprint density at radius 1 is 1.37 bits per heavy atom. The van der Waals surface area contributed by atoms with Crippen LogP contribution in [0, 0.1) is 6.92 Å². The highest BCUT2D eigenvalue weighted by Crippen LogP contribution is 1.94. The van der Waals surface area contributed by atoms with Crippen LogP contribution in [0.2, 0.25) is 0 Å². The predicted octanol–water partition coefficient (Wildman–Crippen LogP) is -1.19. The first-order chi connectivity index (χ1) is 8.97. The van der Waals surface area contributed by atoms with Crippen LogP contribution in [-0.4, -0.2) is 46.4 Å². The number of carboxylic acids is 1. The van der Waals surface area contributed by atoms with E-state index >= 15 is 0 Å². The fourth-order valence-corrected chi connectivity index (χ4v) is 1.01. The van der Waals surface area contributed by atoms with Gasteiger partial charge in [0.2, 0.25) is 5.89 Å². The molecular weight excluding hydrogens is 260 g/mol. The second-order valence-corrected chi connectivity index (χ2v) is 3.35. The average Bonchev–Trinajstić information content (AvgIpc) is 2.72. The van der Waals surface area contributed by atoms with Crippen molar-refractivity contribution in [2.45, 2.75) is 13.5 Å². The molecule has 104 valence electrons. The van der Waals surface area contributed by atoms with Crippen molar-refractivity contribution in [3.8, 4) is 0 Å². The van der Waals surface area contributed by atoms with Crippen LogP contribution in [0.25, 0.3) is 0 Å². The summed E-state index contributed by atoms with van der Waals surface area (Å²) in [5, 5.41) is 16.0. The van der Waals surface area contributed by atoms with E-state index in [0.29, 0.717) is 5.82 Å². The molecule has 0 aliphatic carbocycles. The van der Waals surface area contributed by atoms with Crippen LogP contribution < -0.4 is 10.6 Å². The number of nitrogens with zero attached hydrogens (tertiary/aromatic N) is 2. The number of amides is 3. The first-order valence-electron chi connectivity index (χ1n) is 5.14. The Bertz CT molecular complexity index is 471. The molecule has 19 heavy (non-hydrogen) atoms. The van der Waals surface area contributed by atoms with Crippen molar-refractivity contribution in [1.29, 1.82) is 0 Å². The lowest BCUT2D eigenvalue weighted by Crippen LogP contribution is -2.41. The number of carbonyl (C=O) groups is 3. The third-order valence-corrected chi connectivity index (χ3v) is 1.68. The molecule has 1 heterocycles. The predicted molar refractivity (Wildman–Crippen MR) is 57.9 cm³/mol. The molecule has 0 fully saturated rings. The Balaban J connectivity index is 2.19. The van der Waals surface area contributed by atoms with Gasteiger partial charge in [0.25, 0.3) is 5.91 Å². The van der Waals surface area contributed by atoms with Crippen LogP contribution in [-0.2, 0) is 20.9 Å². The molecule has 0 atom stereocenters. The zero-order valence-corrected chi connectivity index (χ0v) is 10.0. The Morgan fingerprint density at radius 3 is 2.68 bits per heavy atom. The maximum Gasteiger partial charge on any atom is 0.329 e. The second kappa shape index (κ2) is 7.06. The van der Waals surface area contributed by atoms with E-state index < -0.39 is 31.1 Å². The molecule has 1 rings (SSSR count). The van der Waals surface area contributed by atoms with Gasteiger partial charge in [0.05, 0.1) is 6.54 Å². The summed E-state index contributed by atoms with van der Waals surface area (Å²) >= 11 is 0. The molecule has 0 radical (unpaired) electrons. The maximum atomic E-state index is 11.2. The summed E-state index contributed by atoms with van der Waals surface area (Å²) in [5.41, 5.74) is 0. The molecule has 0 aromatic carbocycles. The summed E-state index contributed by atoms with van der Waals surface area (Å²) in [6, 6.07) is -0.778. The van der Waals surface area contributed by atoms with Crippen molar-refractivity contribution in [3.63, 3.8) is 0 Å². The largest absolute Gasteiger partial charge is 0.480 e. The lowest BCUT2D eigenvalue weighted by atomic mass is 10.6. The van der Waals surface area contributed by atoms with E-state index in [2.05, 4.69) is 20.2 Å². The van der Waals surface area contributed by atoms with E-state index in [-0.39, 0.29) is 12.4 Å². The number of imide groups is 1. The monoisotopic (exact) mass is 272 g/mol. The number of hydrogen-bond donors (Lipinski definition) is 3. The van der Waals surface area contributed by atoms with Gasteiger partial charge >= 0.3 is 12.0 Å². The minimum atomic E-state index is -1.20. The highest BCUT2D eigenvalue weighted by atomic mass is 16.5. The summed E-state index contributed by atoms with van der Waals surface area (Å²) in [5.74, 6) is -1.35. The fourth-order valence-electron chi connectivity index (χ4n) is 1.01. The first kappa shape index (κ1) is 14.6. The Kier molecular flexibility index (Phi) is 5.41. The molecule has 0 aliphatic heterocycles. The minimum absolute atomic E-state index is 0.0318. The Hall–Kier alpha value is -2.49. The van der Waals surface area contributed by atoms with Gasteiger partial charge in [-0.15, -0.1) is 0 Å². The van der Waals surface area contributed by atoms with Crippen molar-refractivity contribution in [2.75, 3.05) is 13.2 Å². The summed E-state index contributed by atoms with van der Waals surface area (Å²) in [7, 11) is 0. The van der Waals surface area contributed by atoms with Crippen LogP contribution in [0.4, 0.5) is 4.79 Å². The lowest BCUT2D eigenvalue weighted by molar-refractivity contribution is -0.143. The summed E-state index contributed by atoms with van der Waals surface area (Å²) < 4.78 is 9.22. The van der Waals surface area contributed by atoms with Gasteiger partial charge in [-0.1, -0.05) is 5.16 Å². The Labute approximate surface area is 107 Å². The van der Waals surface area contributed by atoms with E-state index in [1.165, 1.54) is 0 Å². The number of carboxylic acid groups (broad SMARTS) is 1. The molecule has 0 bridgehead atoms. The SMILES string of the molecule is Cc1noc(CNC(=O)NC(=O)COCC(=O)O)n1. The number of aliphatic carboxylic acids is 1. The van der Waals surface area contributed by atoms with E-state index in [1.54, 1.807) is 6.92 Å². The molecule has 3 N–H and O–H groups in total. The van der Waals surface area contributed by atoms with Gasteiger partial charge in [-0.05, 0) is 6.92 Å². The van der Waals surface area contributed by atoms with Crippen LogP contribution >= 0.6 is 0 Å². The van der Waals surface area contributed by atoms with Gasteiger partial charge in [-0.25, -0.2) is 9.59 Å². The Morgan fingerprint density at radius 2 is 2.11 bits per heavy atom. The molecule has 0 aliphatic rings. The molecule has 10 heteroatoms. The van der Waals surface area contributed by atoms with Crippen LogP contribution in [0.1, 0.15) is 11.7 Å². The van der Waals surface area contributed by atoms with Gasteiger partial charge in [-0.2, -0.15) is 4.98 Å². The van der Waals surface area contributed by atoms with Crippen LogP contribution in [0.5, 0.6) is 0 Å². The second-order valence-electron chi connectivity index (χ2n) is 3.35. The third kappa shape index (κ3) is 6.12. The molecular formula is C9H12N4O6. The summed E-state index contributed by atoms with van der Waals surface area (Å²) in [6.45, 7) is 0.446. The van der Waals surface area contributed by atoms with Crippen molar-refractivity contribution in [1.82, 2.24) is 20.8 Å². The standard InChI is InChI=1S/C9H12N4O6/c1-5-11-7(19-13-5)2-10-9(17)12-6(14)3-18-4-8(15)16/h2-4H2,1H3,(H,15,16)(H2,10,12,14,17). The van der Waals surface area contributed by atoms with E-state index in [0.717, 1.165) is 0 Å². The van der Waals surface area contributed by atoms with Crippen molar-refractivity contribution in [2.24, 2.45) is 0 Å². The molecule has 0 saturated heterocycles. The molecule has 0 spiro atoms. The van der Waals surface area contributed by atoms with E-state index in [1.807, 2.05) is 5.32 Å². The average molecular weight is 272 g/mol. The smallest absolute Gasteiger partial charge is 0.329 e. The van der Waals surface area contributed by atoms with Gasteiger partial charge in [0.15, 0.2) is 5.82 Å². The topological polar surface area (TPSA) is 144 Å². The molecule has 1 aromatic rings. The normalized spacial score (nSPS) is 9.95. The van der Waals surface area contributed by atoms with E-state index in [4.69, 9.17) is 9.63 Å². The van der Waals surface area contributed by atoms with Gasteiger partial charge in [-0.3, -0.25) is 10.1 Å². The van der Waals surface area contributed by atoms with Crippen molar-refractivity contribution < 1.29 is 28.8 Å². The fraction of sp³-hybridized carbons (Fsp3) is 0.444. The molecule has 3 amide bonds. The van der Waals surface area contributed by atoms with Crippen molar-refractivity contribution >= 4 is 17.9 Å². The molecule has 10 nitrogen and oxygen atoms in total. The highest BCUT2D eigenvalue weighted by molar-refractivity contribution is 5.94. The number of carbonyl (C=O) groups excluding carboxylic acids is 2. The number of urea groups is 1. The quantitative estimate of drug-likeness (QED) is 0.586. The summed E-state index contributed by atoms with van der Waals surface area (Å²) in [4.78, 5) is 36.3. The van der Waals surface area contributed by atoms with Gasteiger partial charge in [0, 0.05) is 0 Å². The molecule has 0 saturated carbocycles. The highest BCUT2D eigenvalue weighted by Gasteiger charge is 2.10. The summed E-state index contributed by atoms with van der Waals surface area (Å²) in [6.07, 6.45) is 0. The molecule has 1 aromatic heterocycles. The van der Waals surface area contributed by atoms with Gasteiger partial charge in [0.1, 0.15) is 13.2 Å². The zero-order valence-electron chi connectivity index (χ0n) is 10.0. The lowest BCUT2D eigenvalue weighted by Gasteiger charge is -2.04. The minimum Gasteiger partial charge on any atom is -0.480 e. The number of rotatable bonds is 6. The van der Waals surface area contributed by atoms with Crippen LogP contribution in [0.3, 0.4) is 0 Å². The first-order valence-corrected chi connectivity index (χ1v) is 5.14. The van der Waals surface area contributed by atoms with Gasteiger partial charge < -0.3 is 19.7 Å². The number of hydrogen-bond acceptors (Lipinski definition) is 7. The zero-order chi connectivity index (χ0) is 14.3. The van der Waals surface area contributed by atoms with E-state index in [9.17, 15) is 14.4 Å². The third-order valence-electron chi connectivity index (χ3n) is 1.68. The number of ether oxygens (including phenoxy) is 1. The number of aryl methyl sites for hydroxylation is 1. The maximum absolute atomic E-state index is 11.2. The van der Waals surface area contributed by atoms with Crippen LogP contribution in [0.15, 0.2) is 4.52 Å². The molecule has 0 unspecified atom stereocenters.